The Kier molecular flexibility index (Phi) is 4.63. The van der Waals surface area contributed by atoms with Gasteiger partial charge >= 0.3 is 5.97 Å². The molecule has 23 heavy (non-hydrogen) atoms. The van der Waals surface area contributed by atoms with Crippen LogP contribution in [0.1, 0.15) is 10.4 Å². The molecule has 2 rings (SSSR count). The topological polar surface area (TPSA) is 177 Å². The first-order valence-electron chi connectivity index (χ1n) is 6.47. The van der Waals surface area contributed by atoms with Crippen molar-refractivity contribution in [2.75, 3.05) is 13.2 Å². The van der Waals surface area contributed by atoms with E-state index in [0.717, 1.165) is 12.1 Å². The van der Waals surface area contributed by atoms with E-state index in [9.17, 15) is 35.4 Å². The van der Waals surface area contributed by atoms with E-state index in [-0.39, 0.29) is 5.56 Å². The van der Waals surface area contributed by atoms with E-state index in [4.69, 9.17) is 14.6 Å². The second-order valence-electron chi connectivity index (χ2n) is 5.08. The number of aromatic hydroxyl groups is 3. The molecule has 4 atom stereocenters. The maximum Gasteiger partial charge on any atom is 0.338 e. The predicted octanol–water partition coefficient (Wildman–Crippen LogP) is -2.24. The molecule has 1 aliphatic rings. The monoisotopic (exact) mass is 332 g/mol. The minimum Gasteiger partial charge on any atom is -0.504 e. The lowest BCUT2D eigenvalue weighted by atomic mass is 9.96. The van der Waals surface area contributed by atoms with Gasteiger partial charge in [0.1, 0.15) is 18.8 Å². The average molecular weight is 332 g/mol. The molecule has 0 aromatic heterocycles. The summed E-state index contributed by atoms with van der Waals surface area (Å²) in [4.78, 5) is 11.8. The maximum absolute atomic E-state index is 11.8. The minimum atomic E-state index is -2.36. The molecule has 10 heteroatoms. The zero-order valence-electron chi connectivity index (χ0n) is 11.7. The van der Waals surface area contributed by atoms with Crippen LogP contribution in [0.5, 0.6) is 17.2 Å². The smallest absolute Gasteiger partial charge is 0.338 e. The van der Waals surface area contributed by atoms with E-state index in [1.165, 1.54) is 0 Å². The molecule has 0 spiro atoms. The molecule has 10 nitrogen and oxygen atoms in total. The third-order valence-corrected chi connectivity index (χ3v) is 3.52. The van der Waals surface area contributed by atoms with Gasteiger partial charge in [-0.2, -0.15) is 0 Å². The molecule has 7 N–H and O–H groups in total. The van der Waals surface area contributed by atoms with Crippen LogP contribution < -0.4 is 0 Å². The van der Waals surface area contributed by atoms with Crippen LogP contribution in [-0.4, -0.2) is 79.0 Å². The van der Waals surface area contributed by atoms with E-state index in [1.54, 1.807) is 0 Å². The van der Waals surface area contributed by atoms with E-state index in [0.29, 0.717) is 0 Å². The molecule has 1 saturated heterocycles. The fraction of sp³-hybridized carbons (Fsp3) is 0.462. The summed E-state index contributed by atoms with van der Waals surface area (Å²) in [7, 11) is 0. The van der Waals surface area contributed by atoms with Gasteiger partial charge in [0.15, 0.2) is 29.1 Å². The molecule has 0 saturated carbocycles. The van der Waals surface area contributed by atoms with Gasteiger partial charge in [-0.25, -0.2) is 4.79 Å². The fourth-order valence-electron chi connectivity index (χ4n) is 2.11. The van der Waals surface area contributed by atoms with Crippen molar-refractivity contribution in [1.29, 1.82) is 0 Å². The number of hydrogen-bond acceptors (Lipinski definition) is 10. The number of phenols is 3. The van der Waals surface area contributed by atoms with Gasteiger partial charge in [-0.1, -0.05) is 0 Å². The fourth-order valence-corrected chi connectivity index (χ4v) is 2.11. The number of hydrogen-bond donors (Lipinski definition) is 7. The summed E-state index contributed by atoms with van der Waals surface area (Å²) in [5, 5.41) is 66.2. The van der Waals surface area contributed by atoms with Gasteiger partial charge in [-0.05, 0) is 12.1 Å². The van der Waals surface area contributed by atoms with Crippen LogP contribution in [0.15, 0.2) is 12.1 Å². The summed E-state index contributed by atoms with van der Waals surface area (Å²) in [6, 6.07) is 1.63. The van der Waals surface area contributed by atoms with Crippen LogP contribution in [0.3, 0.4) is 0 Å². The van der Waals surface area contributed by atoms with Crippen LogP contribution >= 0.6 is 0 Å². The van der Waals surface area contributed by atoms with Crippen LogP contribution in [0.25, 0.3) is 0 Å². The molecule has 1 aromatic carbocycles. The molecular weight excluding hydrogens is 316 g/mol. The predicted molar refractivity (Wildman–Crippen MR) is 70.6 cm³/mol. The molecule has 0 radical (unpaired) electrons. The molecule has 1 heterocycles. The maximum atomic E-state index is 11.8. The van der Waals surface area contributed by atoms with Gasteiger partial charge in [0.2, 0.25) is 0 Å². The highest BCUT2D eigenvalue weighted by Crippen LogP contribution is 2.36. The number of aliphatic hydroxyl groups excluding tert-OH is 3. The number of carbonyl (C=O) groups is 1. The lowest BCUT2D eigenvalue weighted by Crippen LogP contribution is -2.52. The van der Waals surface area contributed by atoms with Crippen LogP contribution in [0.2, 0.25) is 0 Å². The standard InChI is InChI=1S/C13H16O10/c14-3-8-10(18)13(21,12(20)23-8)4-22-11(19)5-1-6(15)9(17)7(16)2-5/h1-2,8,10,12,14-18,20-21H,3-4H2/t8-,10-,12-,13-/m1/s1. The highest BCUT2D eigenvalue weighted by molar-refractivity contribution is 5.91. The third-order valence-electron chi connectivity index (χ3n) is 3.52. The first-order valence-corrected chi connectivity index (χ1v) is 6.47. The number of esters is 1. The zero-order chi connectivity index (χ0) is 17.4. The van der Waals surface area contributed by atoms with Crippen LogP contribution in [-0.2, 0) is 9.47 Å². The quantitative estimate of drug-likeness (QED) is 0.235. The first kappa shape index (κ1) is 17.2. The number of ether oxygens (including phenoxy) is 2. The van der Waals surface area contributed by atoms with Gasteiger partial charge in [0.25, 0.3) is 0 Å². The molecule has 1 aromatic rings. The van der Waals surface area contributed by atoms with Gasteiger partial charge in [-0.3, -0.25) is 0 Å². The van der Waals surface area contributed by atoms with E-state index < -0.39 is 60.5 Å². The number of phenolic OH excluding ortho intramolecular Hbond substituents is 3. The Balaban J connectivity index is 2.10. The summed E-state index contributed by atoms with van der Waals surface area (Å²) in [6.07, 6.45) is -4.86. The lowest BCUT2D eigenvalue weighted by Gasteiger charge is -2.27. The Labute approximate surface area is 129 Å². The van der Waals surface area contributed by atoms with Gasteiger partial charge in [0, 0.05) is 0 Å². The summed E-state index contributed by atoms with van der Waals surface area (Å²) in [5.74, 6) is -3.46. The van der Waals surface area contributed by atoms with Crippen molar-refractivity contribution in [3.63, 3.8) is 0 Å². The minimum absolute atomic E-state index is 0.344. The van der Waals surface area contributed by atoms with Gasteiger partial charge < -0.3 is 45.2 Å². The Morgan fingerprint density at radius 3 is 2.26 bits per heavy atom. The summed E-state index contributed by atoms with van der Waals surface area (Å²) in [6.45, 7) is -1.55. The van der Waals surface area contributed by atoms with E-state index in [2.05, 4.69) is 0 Å². The zero-order valence-corrected chi connectivity index (χ0v) is 11.7. The highest BCUT2D eigenvalue weighted by Gasteiger charge is 2.55. The van der Waals surface area contributed by atoms with Crippen LogP contribution in [0.4, 0.5) is 0 Å². The number of carbonyl (C=O) groups excluding carboxylic acids is 1. The highest BCUT2D eigenvalue weighted by atomic mass is 16.7. The summed E-state index contributed by atoms with van der Waals surface area (Å²) in [5.41, 5.74) is -2.70. The Morgan fingerprint density at radius 1 is 1.22 bits per heavy atom. The molecule has 128 valence electrons. The SMILES string of the molecule is O=C(OC[C@]1(O)[C@H](O)O[C@H](CO)[C@H]1O)c1cc(O)c(O)c(O)c1. The Bertz CT molecular complexity index is 579. The molecule has 0 amide bonds. The van der Waals surface area contributed by atoms with Crippen LogP contribution in [0, 0.1) is 0 Å². The van der Waals surface area contributed by atoms with Crippen molar-refractivity contribution in [1.82, 2.24) is 0 Å². The molecule has 0 unspecified atom stereocenters. The van der Waals surface area contributed by atoms with Crippen molar-refractivity contribution in [2.45, 2.75) is 24.1 Å². The lowest BCUT2D eigenvalue weighted by molar-refractivity contribution is -0.191. The van der Waals surface area contributed by atoms with Crippen molar-refractivity contribution in [2.24, 2.45) is 0 Å². The van der Waals surface area contributed by atoms with Crippen molar-refractivity contribution < 1.29 is 50.0 Å². The van der Waals surface area contributed by atoms with Crippen molar-refractivity contribution in [3.8, 4) is 17.2 Å². The Morgan fingerprint density at radius 2 is 1.78 bits per heavy atom. The molecule has 0 aliphatic carbocycles. The molecule has 1 fully saturated rings. The largest absolute Gasteiger partial charge is 0.504 e. The normalized spacial score (nSPS) is 30.3. The molecular formula is C13H16O10. The molecule has 1 aliphatic heterocycles. The average Bonchev–Trinajstić information content (AvgIpc) is 2.73. The molecule has 0 bridgehead atoms. The second-order valence-corrected chi connectivity index (χ2v) is 5.08. The van der Waals surface area contributed by atoms with Crippen molar-refractivity contribution in [3.05, 3.63) is 17.7 Å². The number of rotatable bonds is 4. The second kappa shape index (κ2) is 6.18. The van der Waals surface area contributed by atoms with Crippen molar-refractivity contribution >= 4 is 5.97 Å². The number of aliphatic hydroxyl groups is 4. The van der Waals surface area contributed by atoms with Gasteiger partial charge in [0.05, 0.1) is 12.2 Å². The summed E-state index contributed by atoms with van der Waals surface area (Å²) < 4.78 is 9.46. The third kappa shape index (κ3) is 3.02. The van der Waals surface area contributed by atoms with E-state index >= 15 is 0 Å². The first-order chi connectivity index (χ1) is 10.7. The Hall–Kier alpha value is -2.11. The number of benzene rings is 1. The summed E-state index contributed by atoms with van der Waals surface area (Å²) >= 11 is 0. The van der Waals surface area contributed by atoms with Gasteiger partial charge in [-0.15, -0.1) is 0 Å². The van der Waals surface area contributed by atoms with E-state index in [1.807, 2.05) is 0 Å².